The number of carboxylic acid groups (broad SMARTS) is 2. The number of nitrogens with zero attached hydrogens (tertiary/aromatic N) is 1. The molecule has 1 heterocycles. The predicted octanol–water partition coefficient (Wildman–Crippen LogP) is 4.78. The summed E-state index contributed by atoms with van der Waals surface area (Å²) in [6.07, 6.45) is -5.08. The largest absolute Gasteiger partial charge is 0.490 e. The zero-order chi connectivity index (χ0) is 20.2. The van der Waals surface area contributed by atoms with E-state index in [1.807, 2.05) is 53.1 Å². The maximum atomic E-state index is 11.4. The Morgan fingerprint density at radius 1 is 1.00 bits per heavy atom. The summed E-state index contributed by atoms with van der Waals surface area (Å²) in [5.74, 6) is -3.66. The SMILES string of the molecule is O=C(O)C(F)(F)F.O=C(O)c1cc2ccccc2n1Cc1cccc(Br)c1. The van der Waals surface area contributed by atoms with Crippen LogP contribution in [0.4, 0.5) is 13.2 Å². The first-order chi connectivity index (χ1) is 12.6. The molecule has 1 aromatic heterocycles. The fourth-order valence-electron chi connectivity index (χ4n) is 2.38. The Bertz CT molecular complexity index is 982. The number of carbonyl (C=O) groups is 2. The van der Waals surface area contributed by atoms with Crippen molar-refractivity contribution in [3.63, 3.8) is 0 Å². The Balaban J connectivity index is 0.000000321. The van der Waals surface area contributed by atoms with Gasteiger partial charge in [0.25, 0.3) is 0 Å². The number of aromatic nitrogens is 1. The quantitative estimate of drug-likeness (QED) is 0.610. The van der Waals surface area contributed by atoms with Crippen molar-refractivity contribution in [3.8, 4) is 0 Å². The van der Waals surface area contributed by atoms with Crippen LogP contribution in [0.2, 0.25) is 0 Å². The van der Waals surface area contributed by atoms with E-state index < -0.39 is 18.1 Å². The smallest absolute Gasteiger partial charge is 0.477 e. The van der Waals surface area contributed by atoms with Gasteiger partial charge in [0.05, 0.1) is 0 Å². The molecule has 0 spiro atoms. The minimum Gasteiger partial charge on any atom is -0.477 e. The highest BCUT2D eigenvalue weighted by Crippen LogP contribution is 2.22. The minimum atomic E-state index is -5.08. The van der Waals surface area contributed by atoms with E-state index in [2.05, 4.69) is 15.9 Å². The second-order valence-corrected chi connectivity index (χ2v) is 6.33. The minimum absolute atomic E-state index is 0.311. The standard InChI is InChI=1S/C16H12BrNO2.C2HF3O2/c17-13-6-3-4-11(8-13)10-18-14-7-2-1-5-12(14)9-15(18)16(19)20;3-2(4,5)1(6)7/h1-9H,10H2,(H,19,20);(H,6,7). The summed E-state index contributed by atoms with van der Waals surface area (Å²) < 4.78 is 34.6. The zero-order valence-corrected chi connectivity index (χ0v) is 15.2. The van der Waals surface area contributed by atoms with Crippen molar-refractivity contribution in [2.75, 3.05) is 0 Å². The van der Waals surface area contributed by atoms with Gasteiger partial charge in [-0.15, -0.1) is 0 Å². The number of para-hydroxylation sites is 1. The van der Waals surface area contributed by atoms with E-state index in [1.54, 1.807) is 6.07 Å². The lowest BCUT2D eigenvalue weighted by atomic mass is 10.2. The van der Waals surface area contributed by atoms with Crippen LogP contribution < -0.4 is 0 Å². The molecule has 27 heavy (non-hydrogen) atoms. The molecule has 5 nitrogen and oxygen atoms in total. The molecular formula is C18H13BrF3NO4. The van der Waals surface area contributed by atoms with Crippen molar-refractivity contribution < 1.29 is 33.0 Å². The third kappa shape index (κ3) is 5.33. The Morgan fingerprint density at radius 3 is 2.19 bits per heavy atom. The van der Waals surface area contributed by atoms with Gasteiger partial charge in [0, 0.05) is 21.9 Å². The van der Waals surface area contributed by atoms with Crippen molar-refractivity contribution in [1.29, 1.82) is 0 Å². The predicted molar refractivity (Wildman–Crippen MR) is 95.8 cm³/mol. The van der Waals surface area contributed by atoms with Crippen molar-refractivity contribution in [2.24, 2.45) is 0 Å². The van der Waals surface area contributed by atoms with Gasteiger partial charge in [0.2, 0.25) is 0 Å². The van der Waals surface area contributed by atoms with Gasteiger partial charge in [-0.1, -0.05) is 46.3 Å². The lowest BCUT2D eigenvalue weighted by Gasteiger charge is -2.09. The van der Waals surface area contributed by atoms with Gasteiger partial charge in [-0.2, -0.15) is 13.2 Å². The Morgan fingerprint density at radius 2 is 1.63 bits per heavy atom. The molecule has 0 radical (unpaired) electrons. The third-order valence-corrected chi connectivity index (χ3v) is 4.00. The van der Waals surface area contributed by atoms with E-state index in [1.165, 1.54) is 0 Å². The fourth-order valence-corrected chi connectivity index (χ4v) is 2.82. The molecule has 0 aliphatic rings. The molecule has 142 valence electrons. The van der Waals surface area contributed by atoms with Crippen LogP contribution in [0.3, 0.4) is 0 Å². The highest BCUT2D eigenvalue weighted by atomic mass is 79.9. The lowest BCUT2D eigenvalue weighted by Crippen LogP contribution is -2.21. The topological polar surface area (TPSA) is 79.5 Å². The molecule has 2 aromatic carbocycles. The molecule has 0 unspecified atom stereocenters. The average molecular weight is 444 g/mol. The van der Waals surface area contributed by atoms with Crippen LogP contribution in [0.15, 0.2) is 59.1 Å². The maximum Gasteiger partial charge on any atom is 0.490 e. The van der Waals surface area contributed by atoms with E-state index in [4.69, 9.17) is 9.90 Å². The number of aliphatic carboxylic acids is 1. The first-order valence-corrected chi connectivity index (χ1v) is 8.25. The van der Waals surface area contributed by atoms with Crippen molar-refractivity contribution in [2.45, 2.75) is 12.7 Å². The number of hydrogen-bond donors (Lipinski definition) is 2. The average Bonchev–Trinajstić information content (AvgIpc) is 2.94. The second-order valence-electron chi connectivity index (χ2n) is 5.41. The monoisotopic (exact) mass is 443 g/mol. The van der Waals surface area contributed by atoms with Gasteiger partial charge in [-0.25, -0.2) is 9.59 Å². The van der Waals surface area contributed by atoms with Crippen LogP contribution in [0.5, 0.6) is 0 Å². The molecule has 3 rings (SSSR count). The molecule has 0 amide bonds. The Kier molecular flexibility index (Phi) is 6.27. The molecule has 0 bridgehead atoms. The summed E-state index contributed by atoms with van der Waals surface area (Å²) >= 11 is 3.44. The number of fused-ring (bicyclic) bond motifs is 1. The highest BCUT2D eigenvalue weighted by molar-refractivity contribution is 9.10. The fraction of sp³-hybridized carbons (Fsp3) is 0.111. The number of alkyl halides is 3. The van der Waals surface area contributed by atoms with E-state index >= 15 is 0 Å². The first kappa shape index (κ1) is 20.5. The number of hydrogen-bond acceptors (Lipinski definition) is 2. The molecule has 0 saturated heterocycles. The summed E-state index contributed by atoms with van der Waals surface area (Å²) in [4.78, 5) is 20.3. The summed E-state index contributed by atoms with van der Waals surface area (Å²) in [6.45, 7) is 0.536. The molecule has 3 aromatic rings. The number of rotatable bonds is 3. The molecule has 0 aliphatic heterocycles. The van der Waals surface area contributed by atoms with Gasteiger partial charge in [0.1, 0.15) is 5.69 Å². The van der Waals surface area contributed by atoms with Crippen LogP contribution in [0.1, 0.15) is 16.1 Å². The number of benzene rings is 2. The van der Waals surface area contributed by atoms with Gasteiger partial charge < -0.3 is 14.8 Å². The van der Waals surface area contributed by atoms with Gasteiger partial charge >= 0.3 is 18.1 Å². The van der Waals surface area contributed by atoms with Gasteiger partial charge in [-0.05, 0) is 29.8 Å². The van der Waals surface area contributed by atoms with E-state index in [0.29, 0.717) is 12.2 Å². The van der Waals surface area contributed by atoms with E-state index in [9.17, 15) is 23.1 Å². The van der Waals surface area contributed by atoms with E-state index in [0.717, 1.165) is 20.9 Å². The Hall–Kier alpha value is -2.81. The molecular weight excluding hydrogens is 431 g/mol. The molecule has 0 fully saturated rings. The normalized spacial score (nSPS) is 11.0. The number of carboxylic acids is 2. The summed E-state index contributed by atoms with van der Waals surface area (Å²) in [7, 11) is 0. The number of aromatic carboxylic acids is 1. The van der Waals surface area contributed by atoms with Gasteiger partial charge in [0.15, 0.2) is 0 Å². The van der Waals surface area contributed by atoms with Gasteiger partial charge in [-0.3, -0.25) is 0 Å². The van der Waals surface area contributed by atoms with Crippen molar-refractivity contribution in [3.05, 3.63) is 70.3 Å². The molecule has 9 heteroatoms. The maximum absolute atomic E-state index is 11.4. The van der Waals surface area contributed by atoms with Crippen LogP contribution in [0.25, 0.3) is 10.9 Å². The first-order valence-electron chi connectivity index (χ1n) is 7.45. The van der Waals surface area contributed by atoms with Crippen molar-refractivity contribution in [1.82, 2.24) is 4.57 Å². The molecule has 0 saturated carbocycles. The van der Waals surface area contributed by atoms with E-state index in [-0.39, 0.29) is 0 Å². The highest BCUT2D eigenvalue weighted by Gasteiger charge is 2.38. The van der Waals surface area contributed by atoms with Crippen LogP contribution >= 0.6 is 15.9 Å². The summed E-state index contributed by atoms with van der Waals surface area (Å²) in [5, 5.41) is 17.4. The zero-order valence-electron chi connectivity index (χ0n) is 13.6. The summed E-state index contributed by atoms with van der Waals surface area (Å²) in [5.41, 5.74) is 2.30. The van der Waals surface area contributed by atoms with Crippen molar-refractivity contribution >= 4 is 38.8 Å². The third-order valence-electron chi connectivity index (χ3n) is 3.50. The molecule has 0 aliphatic carbocycles. The van der Waals surface area contributed by atoms with Crippen LogP contribution in [0, 0.1) is 0 Å². The second kappa shape index (κ2) is 8.26. The lowest BCUT2D eigenvalue weighted by molar-refractivity contribution is -0.192. The number of halogens is 4. The Labute approximate surface area is 159 Å². The molecule has 2 N–H and O–H groups in total. The molecule has 0 atom stereocenters. The van der Waals surface area contributed by atoms with Crippen LogP contribution in [-0.2, 0) is 11.3 Å². The van der Waals surface area contributed by atoms with Crippen LogP contribution in [-0.4, -0.2) is 32.9 Å². The summed E-state index contributed by atoms with van der Waals surface area (Å²) in [6, 6.07) is 17.3.